The van der Waals surface area contributed by atoms with E-state index >= 15 is 0 Å². The molecule has 1 aromatic rings. The first-order valence-electron chi connectivity index (χ1n) is 7.18. The van der Waals surface area contributed by atoms with Crippen LogP contribution >= 0.6 is 23.1 Å². The van der Waals surface area contributed by atoms with Gasteiger partial charge < -0.3 is 5.11 Å². The number of hydrogen-bond donors (Lipinski definition) is 1. The highest BCUT2D eigenvalue weighted by Crippen LogP contribution is 2.63. The fourth-order valence-electron chi connectivity index (χ4n) is 3.28. The predicted molar refractivity (Wildman–Crippen MR) is 90.0 cm³/mol. The number of carbonyl (C=O) groups is 1. The molecule has 0 radical (unpaired) electrons. The monoisotopic (exact) mass is 323 g/mol. The van der Waals surface area contributed by atoms with Crippen LogP contribution in [0.5, 0.6) is 0 Å². The molecule has 0 saturated heterocycles. The Balaban J connectivity index is 1.99. The number of aldehydes is 1. The molecule has 0 fully saturated rings. The molecule has 1 atom stereocenters. The SMILES string of the molecule is CN(CCO)C1(C)CC2=C(S1)c1sc(C=O)cc1C2(C)C. The Morgan fingerprint density at radius 3 is 2.76 bits per heavy atom. The summed E-state index contributed by atoms with van der Waals surface area (Å²) in [5.41, 5.74) is 2.80. The molecule has 5 heteroatoms. The van der Waals surface area contributed by atoms with Crippen molar-refractivity contribution in [3.8, 4) is 0 Å². The van der Waals surface area contributed by atoms with E-state index in [0.717, 1.165) is 17.6 Å². The summed E-state index contributed by atoms with van der Waals surface area (Å²) in [6, 6.07) is 2.06. The van der Waals surface area contributed by atoms with Crippen LogP contribution in [-0.4, -0.2) is 41.4 Å². The fraction of sp³-hybridized carbons (Fsp3) is 0.562. The quantitative estimate of drug-likeness (QED) is 0.863. The van der Waals surface area contributed by atoms with Gasteiger partial charge in [0.2, 0.25) is 0 Å². The van der Waals surface area contributed by atoms with E-state index in [-0.39, 0.29) is 16.9 Å². The second-order valence-corrected chi connectivity index (χ2v) is 9.12. The lowest BCUT2D eigenvalue weighted by Crippen LogP contribution is -2.42. The van der Waals surface area contributed by atoms with Gasteiger partial charge in [-0.3, -0.25) is 9.69 Å². The van der Waals surface area contributed by atoms with E-state index < -0.39 is 0 Å². The van der Waals surface area contributed by atoms with Crippen LogP contribution in [-0.2, 0) is 5.41 Å². The van der Waals surface area contributed by atoms with E-state index in [9.17, 15) is 9.90 Å². The molecule has 1 aliphatic heterocycles. The number of thiophene rings is 1. The van der Waals surface area contributed by atoms with E-state index in [1.54, 1.807) is 11.3 Å². The number of thioether (sulfide) groups is 1. The van der Waals surface area contributed by atoms with Gasteiger partial charge in [-0.15, -0.1) is 23.1 Å². The molecule has 2 heterocycles. The standard InChI is InChI=1S/C16H21NO2S2/c1-15(2)11-7-10(9-19)20-13(11)14-12(15)8-16(3,21-14)17(4)5-6-18/h7,9,18H,5-6,8H2,1-4H3. The zero-order chi connectivity index (χ0) is 15.4. The Hall–Kier alpha value is -0.620. The Bertz CT molecular complexity index is 632. The lowest BCUT2D eigenvalue weighted by molar-refractivity contribution is 0.112. The van der Waals surface area contributed by atoms with Crippen molar-refractivity contribution in [3.05, 3.63) is 27.0 Å². The Morgan fingerprint density at radius 1 is 1.43 bits per heavy atom. The van der Waals surface area contributed by atoms with Gasteiger partial charge in [0.1, 0.15) is 0 Å². The number of carbonyl (C=O) groups excluding carboxylic acids is 1. The molecule has 1 aliphatic carbocycles. The van der Waals surface area contributed by atoms with Crippen LogP contribution in [0.15, 0.2) is 11.6 Å². The van der Waals surface area contributed by atoms with Crippen molar-refractivity contribution < 1.29 is 9.90 Å². The van der Waals surface area contributed by atoms with Gasteiger partial charge in [-0.05, 0) is 37.6 Å². The lowest BCUT2D eigenvalue weighted by Gasteiger charge is -2.37. The molecule has 1 unspecified atom stereocenters. The Morgan fingerprint density at radius 2 is 2.14 bits per heavy atom. The maximum atomic E-state index is 11.1. The van der Waals surface area contributed by atoms with Gasteiger partial charge in [0.25, 0.3) is 0 Å². The number of aliphatic hydroxyl groups is 1. The minimum Gasteiger partial charge on any atom is -0.395 e. The summed E-state index contributed by atoms with van der Waals surface area (Å²) >= 11 is 3.50. The molecule has 1 aromatic heterocycles. The van der Waals surface area contributed by atoms with Gasteiger partial charge in [0.05, 0.1) is 16.4 Å². The third kappa shape index (κ3) is 2.13. The molecular formula is C16H21NO2S2. The largest absolute Gasteiger partial charge is 0.395 e. The third-order valence-corrected chi connectivity index (χ3v) is 7.60. The van der Waals surface area contributed by atoms with Gasteiger partial charge in [0.15, 0.2) is 6.29 Å². The topological polar surface area (TPSA) is 40.5 Å². The van der Waals surface area contributed by atoms with Gasteiger partial charge in [-0.2, -0.15) is 0 Å². The van der Waals surface area contributed by atoms with E-state index in [1.807, 2.05) is 11.8 Å². The Kier molecular flexibility index (Phi) is 3.60. The summed E-state index contributed by atoms with van der Waals surface area (Å²) in [5, 5.41) is 9.21. The molecule has 0 saturated carbocycles. The molecule has 2 aliphatic rings. The molecular weight excluding hydrogens is 302 g/mol. The maximum absolute atomic E-state index is 11.1. The van der Waals surface area contributed by atoms with E-state index in [1.165, 1.54) is 20.9 Å². The first-order chi connectivity index (χ1) is 9.83. The summed E-state index contributed by atoms with van der Waals surface area (Å²) < 4.78 is 0. The zero-order valence-corrected chi connectivity index (χ0v) is 14.5. The van der Waals surface area contributed by atoms with Crippen molar-refractivity contribution in [1.82, 2.24) is 4.90 Å². The number of nitrogens with zero attached hydrogens (tertiary/aromatic N) is 1. The van der Waals surface area contributed by atoms with Gasteiger partial charge >= 0.3 is 0 Å². The number of aliphatic hydroxyl groups excluding tert-OH is 1. The van der Waals surface area contributed by atoms with Crippen LogP contribution in [0, 0.1) is 0 Å². The number of hydrogen-bond acceptors (Lipinski definition) is 5. The molecule has 0 bridgehead atoms. The number of rotatable bonds is 4. The normalized spacial score (nSPS) is 26.4. The van der Waals surface area contributed by atoms with Crippen LogP contribution in [0.3, 0.4) is 0 Å². The van der Waals surface area contributed by atoms with Gasteiger partial charge in [-0.25, -0.2) is 0 Å². The molecule has 3 rings (SSSR count). The molecule has 0 aromatic carbocycles. The average Bonchev–Trinajstić information content (AvgIpc) is 3.04. The summed E-state index contributed by atoms with van der Waals surface area (Å²) in [5.74, 6) is 0. The summed E-state index contributed by atoms with van der Waals surface area (Å²) in [4.78, 5) is 16.8. The summed E-state index contributed by atoms with van der Waals surface area (Å²) in [6.45, 7) is 7.62. The maximum Gasteiger partial charge on any atom is 0.160 e. The minimum atomic E-state index is -0.00626. The summed E-state index contributed by atoms with van der Waals surface area (Å²) in [6.07, 6.45) is 1.96. The van der Waals surface area contributed by atoms with Crippen LogP contribution in [0.2, 0.25) is 0 Å². The second kappa shape index (κ2) is 4.95. The highest BCUT2D eigenvalue weighted by Gasteiger charge is 2.50. The smallest absolute Gasteiger partial charge is 0.160 e. The molecule has 114 valence electrons. The minimum absolute atomic E-state index is 0.00626. The van der Waals surface area contributed by atoms with Crippen molar-refractivity contribution in [2.45, 2.75) is 37.5 Å². The number of likely N-dealkylation sites (N-methyl/N-ethyl adjacent to an activating group) is 1. The third-order valence-electron chi connectivity index (χ3n) is 4.84. The molecule has 3 nitrogen and oxygen atoms in total. The van der Waals surface area contributed by atoms with E-state index in [2.05, 4.69) is 38.8 Å². The molecule has 0 amide bonds. The highest BCUT2D eigenvalue weighted by atomic mass is 32.2. The van der Waals surface area contributed by atoms with Crippen LogP contribution in [0.4, 0.5) is 0 Å². The van der Waals surface area contributed by atoms with Crippen molar-refractivity contribution in [3.63, 3.8) is 0 Å². The van der Waals surface area contributed by atoms with Crippen molar-refractivity contribution >= 4 is 34.3 Å². The predicted octanol–water partition coefficient (Wildman–Crippen LogP) is 3.34. The molecule has 0 spiro atoms. The van der Waals surface area contributed by atoms with Gasteiger partial charge in [0, 0.05) is 21.7 Å². The van der Waals surface area contributed by atoms with E-state index in [4.69, 9.17) is 0 Å². The first-order valence-corrected chi connectivity index (χ1v) is 8.81. The lowest BCUT2D eigenvalue weighted by atomic mass is 9.79. The summed E-state index contributed by atoms with van der Waals surface area (Å²) in [7, 11) is 2.07. The average molecular weight is 323 g/mol. The van der Waals surface area contributed by atoms with Gasteiger partial charge in [-0.1, -0.05) is 13.8 Å². The molecule has 21 heavy (non-hydrogen) atoms. The Labute approximate surface area is 134 Å². The van der Waals surface area contributed by atoms with Crippen molar-refractivity contribution in [2.24, 2.45) is 0 Å². The zero-order valence-electron chi connectivity index (χ0n) is 12.9. The van der Waals surface area contributed by atoms with Crippen LogP contribution in [0.25, 0.3) is 4.91 Å². The first kappa shape index (κ1) is 15.3. The fourth-order valence-corrected chi connectivity index (χ4v) is 6.18. The number of fused-ring (bicyclic) bond motifs is 2. The van der Waals surface area contributed by atoms with Crippen molar-refractivity contribution in [2.75, 3.05) is 20.2 Å². The van der Waals surface area contributed by atoms with Crippen LogP contribution < -0.4 is 0 Å². The molecule has 1 N–H and O–H groups in total. The van der Waals surface area contributed by atoms with Crippen molar-refractivity contribution in [1.29, 1.82) is 0 Å². The second-order valence-electron chi connectivity index (χ2n) is 6.54. The van der Waals surface area contributed by atoms with E-state index in [0.29, 0.717) is 6.54 Å². The van der Waals surface area contributed by atoms with Crippen LogP contribution in [0.1, 0.15) is 47.3 Å². The highest BCUT2D eigenvalue weighted by molar-refractivity contribution is 8.10.